The number of amides is 2. The highest BCUT2D eigenvalue weighted by atomic mass is 32.2. The number of carbonyl (C=O) groups excluding carboxylic acids is 2. The largest absolute Gasteiger partial charge is 0.503 e. The third-order valence-electron chi connectivity index (χ3n) is 4.65. The third kappa shape index (κ3) is 5.37. The number of hydrogen-bond donors (Lipinski definition) is 4. The molecular weight excluding hydrogens is 488 g/mol. The molecule has 0 radical (unpaired) electrons. The lowest BCUT2D eigenvalue weighted by Crippen LogP contribution is -2.54. The van der Waals surface area contributed by atoms with Crippen LogP contribution in [0.4, 0.5) is 5.13 Å². The first-order valence-electron chi connectivity index (χ1n) is 9.52. The second-order valence-electron chi connectivity index (χ2n) is 6.92. The number of rotatable bonds is 6. The molecule has 6 N–H and O–H groups in total. The zero-order valence-corrected chi connectivity index (χ0v) is 19.3. The molecule has 0 unspecified atom stereocenters. The smallest absolute Gasteiger partial charge is 0.352 e. The van der Waals surface area contributed by atoms with E-state index in [9.17, 15) is 29.4 Å². The van der Waals surface area contributed by atoms with E-state index in [2.05, 4.69) is 15.0 Å². The monoisotopic (exact) mass is 508 g/mol. The third-order valence-corrected chi connectivity index (χ3v) is 6.60. The highest BCUT2D eigenvalue weighted by Gasteiger charge is 2.45. The molecule has 1 fully saturated rings. The van der Waals surface area contributed by atoms with Crippen LogP contribution >= 0.6 is 23.1 Å². The zero-order valence-electron chi connectivity index (χ0n) is 17.7. The number of aliphatic carboxylic acids is 1. The van der Waals surface area contributed by atoms with Crippen molar-refractivity contribution in [1.29, 1.82) is 0 Å². The number of hydrogen-bond acceptors (Lipinski definition) is 11. The van der Waals surface area contributed by atoms with Crippen LogP contribution in [0, 0.1) is 0 Å². The first kappa shape index (κ1) is 24.8. The lowest BCUT2D eigenvalue weighted by atomic mass is 10.1. The van der Waals surface area contributed by atoms with Gasteiger partial charge in [-0.05, 0) is 5.57 Å². The maximum absolute atomic E-state index is 11.6. The van der Waals surface area contributed by atoms with Gasteiger partial charge in [-0.2, -0.15) is 0 Å². The summed E-state index contributed by atoms with van der Waals surface area (Å²) in [5.41, 5.74) is 10.8. The van der Waals surface area contributed by atoms with Gasteiger partial charge in [-0.1, -0.05) is 5.16 Å². The Labute approximate surface area is 200 Å². The Kier molecular flexibility index (Phi) is 7.57. The second kappa shape index (κ2) is 10.4. The van der Waals surface area contributed by atoms with E-state index in [-0.39, 0.29) is 29.2 Å². The molecule has 2 aromatic heterocycles. The molecule has 4 heterocycles. The summed E-state index contributed by atoms with van der Waals surface area (Å²) in [7, 11) is 1.32. The van der Waals surface area contributed by atoms with Gasteiger partial charge in [0.2, 0.25) is 11.3 Å². The summed E-state index contributed by atoms with van der Waals surface area (Å²) in [6.45, 7) is 0.207. The van der Waals surface area contributed by atoms with Gasteiger partial charge >= 0.3 is 5.97 Å². The highest BCUT2D eigenvalue weighted by Crippen LogP contribution is 2.40. The number of nitrogen functional groups attached to an aromatic ring is 1. The number of carboxylic acid groups (broad SMARTS) is 1. The fourth-order valence-corrected chi connectivity index (χ4v) is 4.94. The summed E-state index contributed by atoms with van der Waals surface area (Å²) in [6, 6.07) is 1.21. The maximum atomic E-state index is 11.6. The summed E-state index contributed by atoms with van der Waals surface area (Å²) in [5.74, 6) is -1.91. The van der Waals surface area contributed by atoms with Crippen LogP contribution < -0.4 is 16.9 Å². The fourth-order valence-electron chi connectivity index (χ4n) is 3.14. The van der Waals surface area contributed by atoms with E-state index in [0.717, 1.165) is 0 Å². The lowest BCUT2D eigenvalue weighted by Gasteiger charge is -2.44. The average molecular weight is 509 g/mol. The Balaban J connectivity index is 0.000000215. The van der Waals surface area contributed by atoms with Gasteiger partial charge in [-0.25, -0.2) is 9.78 Å². The molecule has 2 aliphatic rings. The van der Waals surface area contributed by atoms with Gasteiger partial charge in [-0.15, -0.1) is 23.1 Å². The topological polar surface area (TPSA) is 203 Å². The number of aromatic hydroxyl groups is 1. The van der Waals surface area contributed by atoms with E-state index < -0.39 is 23.1 Å². The van der Waals surface area contributed by atoms with Gasteiger partial charge in [0, 0.05) is 29.9 Å². The number of anilines is 1. The SMILES string of the molecule is CO/N=C(\C(N)=O)c1csc(N)n1.O=C(O)C1=C(Cn2ccc(=O)c(O)c2)CS[C@H]2CC(=O)N12. The summed E-state index contributed by atoms with van der Waals surface area (Å²) in [6.07, 6.45) is 3.10. The maximum Gasteiger partial charge on any atom is 0.352 e. The van der Waals surface area contributed by atoms with Crippen molar-refractivity contribution in [3.05, 3.63) is 51.0 Å². The molecule has 2 amide bonds. The number of primary amides is 1. The number of pyridine rings is 1. The van der Waals surface area contributed by atoms with Crippen molar-refractivity contribution in [3.63, 3.8) is 0 Å². The van der Waals surface area contributed by atoms with Crippen LogP contribution in [0.1, 0.15) is 12.1 Å². The van der Waals surface area contributed by atoms with Crippen molar-refractivity contribution in [2.24, 2.45) is 10.9 Å². The number of aromatic nitrogens is 2. The first-order valence-corrected chi connectivity index (χ1v) is 11.5. The molecule has 0 bridgehead atoms. The van der Waals surface area contributed by atoms with Crippen molar-refractivity contribution >= 4 is 51.7 Å². The van der Waals surface area contributed by atoms with E-state index in [1.54, 1.807) is 5.38 Å². The quantitative estimate of drug-likeness (QED) is 0.229. The number of thiazole rings is 1. The average Bonchev–Trinajstić information content (AvgIpc) is 3.20. The molecule has 4 rings (SSSR count). The molecule has 0 aromatic carbocycles. The number of thioether (sulfide) groups is 1. The Bertz CT molecular complexity index is 1250. The Hall–Kier alpha value is -3.85. The lowest BCUT2D eigenvalue weighted by molar-refractivity contribution is -0.146. The van der Waals surface area contributed by atoms with E-state index in [1.807, 2.05) is 0 Å². The van der Waals surface area contributed by atoms with Crippen LogP contribution in [0.3, 0.4) is 0 Å². The van der Waals surface area contributed by atoms with Crippen molar-refractivity contribution in [3.8, 4) is 5.75 Å². The molecule has 0 aliphatic carbocycles. The minimum absolute atomic E-state index is 0.0215. The summed E-state index contributed by atoms with van der Waals surface area (Å²) in [4.78, 5) is 54.6. The van der Waals surface area contributed by atoms with Crippen molar-refractivity contribution < 1.29 is 29.4 Å². The molecule has 2 aliphatic heterocycles. The van der Waals surface area contributed by atoms with Crippen LogP contribution in [0.5, 0.6) is 5.75 Å². The van der Waals surface area contributed by atoms with Crippen LogP contribution in [0.15, 0.2) is 45.1 Å². The predicted octanol–water partition coefficient (Wildman–Crippen LogP) is -0.241. The van der Waals surface area contributed by atoms with Gasteiger partial charge in [0.1, 0.15) is 18.5 Å². The van der Waals surface area contributed by atoms with Crippen LogP contribution in [-0.4, -0.2) is 66.4 Å². The Morgan fingerprint density at radius 3 is 2.65 bits per heavy atom. The molecule has 13 nitrogen and oxygen atoms in total. The summed E-state index contributed by atoms with van der Waals surface area (Å²) >= 11 is 2.72. The van der Waals surface area contributed by atoms with Crippen LogP contribution in [0.25, 0.3) is 0 Å². The van der Waals surface area contributed by atoms with Gasteiger partial charge in [0.15, 0.2) is 16.6 Å². The van der Waals surface area contributed by atoms with Gasteiger partial charge in [-0.3, -0.25) is 19.3 Å². The van der Waals surface area contributed by atoms with Crippen LogP contribution in [0.2, 0.25) is 0 Å². The number of nitrogens with two attached hydrogens (primary N) is 2. The van der Waals surface area contributed by atoms with Crippen molar-refractivity contribution in [2.75, 3.05) is 18.6 Å². The zero-order chi connectivity index (χ0) is 25.0. The second-order valence-corrected chi connectivity index (χ2v) is 8.97. The van der Waals surface area contributed by atoms with Crippen molar-refractivity contribution in [1.82, 2.24) is 14.5 Å². The molecule has 1 atom stereocenters. The van der Waals surface area contributed by atoms with Crippen LogP contribution in [-0.2, 0) is 25.8 Å². The minimum atomic E-state index is -1.13. The number of nitrogens with zero attached hydrogens (tertiary/aromatic N) is 4. The highest BCUT2D eigenvalue weighted by molar-refractivity contribution is 8.00. The predicted molar refractivity (Wildman–Crippen MR) is 124 cm³/mol. The number of β-lactam (4-membered cyclic amide) rings is 1. The molecule has 1 saturated heterocycles. The molecule has 2 aromatic rings. The first-order chi connectivity index (χ1) is 16.1. The Morgan fingerprint density at radius 2 is 2.12 bits per heavy atom. The number of carbonyl (C=O) groups is 3. The minimum Gasteiger partial charge on any atom is -0.503 e. The fraction of sp³-hybridized carbons (Fsp3) is 0.263. The summed E-state index contributed by atoms with van der Waals surface area (Å²) in [5, 5.41) is 24.1. The summed E-state index contributed by atoms with van der Waals surface area (Å²) < 4.78 is 1.53. The molecule has 0 saturated carbocycles. The number of fused-ring (bicyclic) bond motifs is 1. The molecule has 15 heteroatoms. The molecular formula is C19H20N6O7S2. The number of carboxylic acids is 1. The van der Waals surface area contributed by atoms with Gasteiger partial charge in [0.25, 0.3) is 5.91 Å². The normalized spacial score (nSPS) is 17.3. The van der Waals surface area contributed by atoms with E-state index in [0.29, 0.717) is 28.6 Å². The van der Waals surface area contributed by atoms with Gasteiger partial charge < -0.3 is 31.1 Å². The Morgan fingerprint density at radius 1 is 1.38 bits per heavy atom. The molecule has 180 valence electrons. The van der Waals surface area contributed by atoms with E-state index >= 15 is 0 Å². The number of oxime groups is 1. The molecule has 0 spiro atoms. The standard InChI is InChI=1S/C13H12N2O5S.C6H8N4O2S/c16-8-1-2-14(5-9(8)17)4-7-6-21-11-3-10(18)15(11)12(7)13(19)20;1-12-10-4(5(7)11)3-2-13-6(8)9-3/h1-2,5,11,17H,3-4,6H2,(H,19,20);2H,1H3,(H2,7,11)(H2,8,9)/b;10-4-/t11-;/m0./s1. The van der Waals surface area contributed by atoms with E-state index in [1.165, 1.54) is 58.1 Å². The molecule has 34 heavy (non-hydrogen) atoms. The van der Waals surface area contributed by atoms with Crippen molar-refractivity contribution in [2.45, 2.75) is 18.3 Å². The van der Waals surface area contributed by atoms with E-state index in [4.69, 9.17) is 11.5 Å². The van der Waals surface area contributed by atoms with Gasteiger partial charge in [0.05, 0.1) is 18.0 Å².